The van der Waals surface area contributed by atoms with Gasteiger partial charge in [0.25, 0.3) is 5.91 Å². The van der Waals surface area contributed by atoms with Gasteiger partial charge in [-0.25, -0.2) is 13.6 Å². The Morgan fingerprint density at radius 3 is 2.70 bits per heavy atom. The molecule has 0 radical (unpaired) electrons. The quantitative estimate of drug-likeness (QED) is 0.820. The molecule has 0 unspecified atom stereocenters. The van der Waals surface area contributed by atoms with Crippen LogP contribution in [-0.4, -0.2) is 25.7 Å². The number of hydrogen-bond acceptors (Lipinski definition) is 4. The van der Waals surface area contributed by atoms with Gasteiger partial charge in [-0.3, -0.25) is 4.79 Å². The van der Waals surface area contributed by atoms with E-state index in [1.807, 2.05) is 0 Å². The zero-order valence-corrected chi connectivity index (χ0v) is 14.9. The van der Waals surface area contributed by atoms with Gasteiger partial charge in [-0.15, -0.1) is 0 Å². The summed E-state index contributed by atoms with van der Waals surface area (Å²) in [6, 6.07) is 5.48. The monoisotopic (exact) mass is 396 g/mol. The van der Waals surface area contributed by atoms with Crippen LogP contribution in [0.1, 0.15) is 28.4 Å². The number of hydrogen-bond donors (Lipinski definition) is 2. The predicted molar refractivity (Wildman–Crippen MR) is 94.2 cm³/mol. The summed E-state index contributed by atoms with van der Waals surface area (Å²) in [5.41, 5.74) is 0.685. The number of alkyl carbamates (subject to hydrolysis) is 1. The molecule has 1 atom stereocenters. The van der Waals surface area contributed by atoms with E-state index in [-0.39, 0.29) is 23.6 Å². The number of benzene rings is 2. The second-order valence-electron chi connectivity index (χ2n) is 5.75. The fraction of sp³-hybridized carbons (Fsp3) is 0.222. The molecule has 2 aromatic carbocycles. The SMILES string of the molecule is COC(=O)N[C@H]1CCOc2c(C(=O)Nc3ccc(F)c(F)c3)ccc(Cl)c21. The van der Waals surface area contributed by atoms with E-state index < -0.39 is 29.7 Å². The normalized spacial score (nSPS) is 15.3. The number of fused-ring (bicyclic) bond motifs is 1. The number of anilines is 1. The van der Waals surface area contributed by atoms with Gasteiger partial charge in [-0.05, 0) is 24.3 Å². The molecule has 142 valence electrons. The largest absolute Gasteiger partial charge is 0.492 e. The van der Waals surface area contributed by atoms with Crippen LogP contribution in [0.2, 0.25) is 5.02 Å². The van der Waals surface area contributed by atoms with Crippen LogP contribution in [0.4, 0.5) is 19.3 Å². The van der Waals surface area contributed by atoms with Crippen LogP contribution in [0.5, 0.6) is 5.75 Å². The van der Waals surface area contributed by atoms with Crippen molar-refractivity contribution in [3.8, 4) is 5.75 Å². The van der Waals surface area contributed by atoms with Crippen molar-refractivity contribution in [2.45, 2.75) is 12.5 Å². The lowest BCUT2D eigenvalue weighted by molar-refractivity contribution is 0.102. The summed E-state index contributed by atoms with van der Waals surface area (Å²) in [6.07, 6.45) is -0.198. The first-order valence-electron chi connectivity index (χ1n) is 7.96. The van der Waals surface area contributed by atoms with Gasteiger partial charge in [0.1, 0.15) is 5.75 Å². The molecular formula is C18H15ClF2N2O4. The van der Waals surface area contributed by atoms with E-state index in [0.717, 1.165) is 12.1 Å². The van der Waals surface area contributed by atoms with Crippen LogP contribution < -0.4 is 15.4 Å². The number of carbonyl (C=O) groups is 2. The molecule has 0 aliphatic carbocycles. The van der Waals surface area contributed by atoms with Crippen molar-refractivity contribution in [1.82, 2.24) is 5.32 Å². The highest BCUT2D eigenvalue weighted by molar-refractivity contribution is 6.32. The van der Waals surface area contributed by atoms with Gasteiger partial charge in [0, 0.05) is 28.8 Å². The van der Waals surface area contributed by atoms with E-state index in [1.54, 1.807) is 0 Å². The average molecular weight is 397 g/mol. The van der Waals surface area contributed by atoms with Crippen molar-refractivity contribution in [2.24, 2.45) is 0 Å². The van der Waals surface area contributed by atoms with E-state index in [0.29, 0.717) is 17.0 Å². The Kier molecular flexibility index (Phi) is 5.46. The van der Waals surface area contributed by atoms with E-state index in [4.69, 9.17) is 16.3 Å². The molecule has 2 N–H and O–H groups in total. The molecule has 2 amide bonds. The lowest BCUT2D eigenvalue weighted by atomic mass is 9.97. The fourth-order valence-corrected chi connectivity index (χ4v) is 3.06. The van der Waals surface area contributed by atoms with Crippen LogP contribution in [0.15, 0.2) is 30.3 Å². The molecule has 2 aromatic rings. The topological polar surface area (TPSA) is 76.7 Å². The molecule has 0 aromatic heterocycles. The molecule has 1 heterocycles. The molecule has 0 fully saturated rings. The highest BCUT2D eigenvalue weighted by Gasteiger charge is 2.30. The maximum atomic E-state index is 13.3. The van der Waals surface area contributed by atoms with Gasteiger partial charge in [-0.2, -0.15) is 0 Å². The van der Waals surface area contributed by atoms with Crippen molar-refractivity contribution in [2.75, 3.05) is 19.0 Å². The summed E-state index contributed by atoms with van der Waals surface area (Å²) >= 11 is 6.24. The Morgan fingerprint density at radius 1 is 1.22 bits per heavy atom. The Labute approximate surface area is 158 Å². The molecule has 0 saturated carbocycles. The number of amides is 2. The molecule has 0 bridgehead atoms. The number of halogens is 3. The molecule has 0 saturated heterocycles. The van der Waals surface area contributed by atoms with E-state index in [1.165, 1.54) is 25.3 Å². The Balaban J connectivity index is 1.92. The third-order valence-corrected chi connectivity index (χ3v) is 4.37. The van der Waals surface area contributed by atoms with Gasteiger partial charge in [0.2, 0.25) is 0 Å². The van der Waals surface area contributed by atoms with Crippen molar-refractivity contribution in [3.05, 3.63) is 58.1 Å². The van der Waals surface area contributed by atoms with Crippen LogP contribution in [0, 0.1) is 11.6 Å². The maximum absolute atomic E-state index is 13.3. The molecular weight excluding hydrogens is 382 g/mol. The molecule has 0 spiro atoms. The first-order chi connectivity index (χ1) is 12.9. The van der Waals surface area contributed by atoms with E-state index in [2.05, 4.69) is 15.4 Å². The molecule has 27 heavy (non-hydrogen) atoms. The van der Waals surface area contributed by atoms with Crippen molar-refractivity contribution < 1.29 is 27.8 Å². The third-order valence-electron chi connectivity index (χ3n) is 4.04. The summed E-state index contributed by atoms with van der Waals surface area (Å²) in [5.74, 6) is -2.47. The van der Waals surface area contributed by atoms with E-state index >= 15 is 0 Å². The zero-order valence-electron chi connectivity index (χ0n) is 14.1. The number of ether oxygens (including phenoxy) is 2. The highest BCUT2D eigenvalue weighted by Crippen LogP contribution is 2.40. The van der Waals surface area contributed by atoms with Gasteiger partial charge in [0.15, 0.2) is 11.6 Å². The first kappa shape index (κ1) is 18.9. The standard InChI is InChI=1S/C18H15ClF2N2O4/c1-26-18(25)23-14-6-7-27-16-10(3-4-11(19)15(14)16)17(24)22-9-2-5-12(20)13(21)8-9/h2-5,8,14H,6-7H2,1H3,(H,22,24)(H,23,25)/t14-/m0/s1. The Morgan fingerprint density at radius 2 is 2.00 bits per heavy atom. The van der Waals surface area contributed by atoms with E-state index in [9.17, 15) is 18.4 Å². The lowest BCUT2D eigenvalue weighted by Gasteiger charge is -2.28. The molecule has 9 heteroatoms. The number of rotatable bonds is 3. The Hall–Kier alpha value is -2.87. The minimum absolute atomic E-state index is 0.0858. The minimum Gasteiger partial charge on any atom is -0.492 e. The second-order valence-corrected chi connectivity index (χ2v) is 6.15. The average Bonchev–Trinajstić information content (AvgIpc) is 2.65. The maximum Gasteiger partial charge on any atom is 0.407 e. The fourth-order valence-electron chi connectivity index (χ4n) is 2.78. The van der Waals surface area contributed by atoms with Gasteiger partial charge < -0.3 is 20.1 Å². The molecule has 1 aliphatic heterocycles. The summed E-state index contributed by atoms with van der Waals surface area (Å²) in [7, 11) is 1.24. The summed E-state index contributed by atoms with van der Waals surface area (Å²) in [6.45, 7) is 0.244. The molecule has 1 aliphatic rings. The van der Waals surface area contributed by atoms with Crippen LogP contribution in [0.3, 0.4) is 0 Å². The van der Waals surface area contributed by atoms with Gasteiger partial charge >= 0.3 is 6.09 Å². The second kappa shape index (κ2) is 7.79. The first-order valence-corrected chi connectivity index (χ1v) is 8.34. The zero-order chi connectivity index (χ0) is 19.6. The van der Waals surface area contributed by atoms with Gasteiger partial charge in [-0.1, -0.05) is 11.6 Å². The van der Waals surface area contributed by atoms with Crippen molar-refractivity contribution >= 4 is 29.3 Å². The number of methoxy groups -OCH3 is 1. The number of nitrogens with one attached hydrogen (secondary N) is 2. The van der Waals surface area contributed by atoms with Gasteiger partial charge in [0.05, 0.1) is 25.3 Å². The Bertz CT molecular complexity index is 907. The predicted octanol–water partition coefficient (Wildman–Crippen LogP) is 4.05. The van der Waals surface area contributed by atoms with Crippen LogP contribution in [0.25, 0.3) is 0 Å². The van der Waals surface area contributed by atoms with Crippen LogP contribution in [-0.2, 0) is 4.74 Å². The molecule has 6 nitrogen and oxygen atoms in total. The van der Waals surface area contributed by atoms with Crippen molar-refractivity contribution in [1.29, 1.82) is 0 Å². The highest BCUT2D eigenvalue weighted by atomic mass is 35.5. The third kappa shape index (κ3) is 3.95. The smallest absolute Gasteiger partial charge is 0.407 e. The summed E-state index contributed by atoms with van der Waals surface area (Å²) < 4.78 is 36.6. The van der Waals surface area contributed by atoms with Crippen molar-refractivity contribution in [3.63, 3.8) is 0 Å². The summed E-state index contributed by atoms with van der Waals surface area (Å²) in [4.78, 5) is 24.2. The lowest BCUT2D eigenvalue weighted by Crippen LogP contribution is -2.33. The number of carbonyl (C=O) groups excluding carboxylic acids is 2. The minimum atomic E-state index is -1.08. The van der Waals surface area contributed by atoms with Crippen LogP contribution >= 0.6 is 11.6 Å². The summed E-state index contributed by atoms with van der Waals surface area (Å²) in [5, 5.41) is 5.44. The molecule has 3 rings (SSSR count).